The first-order valence-corrected chi connectivity index (χ1v) is 8.87. The lowest BCUT2D eigenvalue weighted by Gasteiger charge is -2.22. The van der Waals surface area contributed by atoms with Gasteiger partial charge in [-0.1, -0.05) is 12.2 Å². The van der Waals surface area contributed by atoms with E-state index in [1.807, 2.05) is 32.0 Å². The van der Waals surface area contributed by atoms with Crippen LogP contribution in [-0.2, 0) is 13.2 Å². The van der Waals surface area contributed by atoms with Crippen molar-refractivity contribution in [2.75, 3.05) is 21.3 Å². The van der Waals surface area contributed by atoms with Crippen molar-refractivity contribution >= 4 is 12.2 Å². The number of hydrogen-bond donors (Lipinski definition) is 1. The standard InChI is InChI=1S/C20H25N3O2S/c1-13-14(2)18(10-21)20(26)23(15(13)3)12-22(4)11-16-7-8-17(24-5)9-19(16)25-6/h7-9H,11-12H2,1-6H3/p+1. The highest BCUT2D eigenvalue weighted by Gasteiger charge is 2.16. The summed E-state index contributed by atoms with van der Waals surface area (Å²) in [6, 6.07) is 8.11. The Morgan fingerprint density at radius 3 is 2.42 bits per heavy atom. The Labute approximate surface area is 160 Å². The minimum absolute atomic E-state index is 0.595. The zero-order valence-corrected chi connectivity index (χ0v) is 17.1. The summed E-state index contributed by atoms with van der Waals surface area (Å²) in [5.41, 5.74) is 4.88. The molecular weight excluding hydrogens is 346 g/mol. The monoisotopic (exact) mass is 372 g/mol. The van der Waals surface area contributed by atoms with Gasteiger partial charge in [0.2, 0.25) is 0 Å². The van der Waals surface area contributed by atoms with E-state index in [0.29, 0.717) is 16.9 Å². The number of hydrogen-bond acceptors (Lipinski definition) is 4. The van der Waals surface area contributed by atoms with Gasteiger partial charge >= 0.3 is 0 Å². The van der Waals surface area contributed by atoms with Crippen molar-refractivity contribution in [3.05, 3.63) is 50.8 Å². The maximum Gasteiger partial charge on any atom is 0.157 e. The van der Waals surface area contributed by atoms with E-state index in [1.54, 1.807) is 14.2 Å². The molecule has 0 saturated carbocycles. The topological polar surface area (TPSA) is 51.6 Å². The molecule has 1 aromatic carbocycles. The number of aromatic nitrogens is 1. The van der Waals surface area contributed by atoms with E-state index in [0.717, 1.165) is 40.4 Å². The third kappa shape index (κ3) is 3.90. The number of pyridine rings is 1. The van der Waals surface area contributed by atoms with Crippen LogP contribution in [0, 0.1) is 36.7 Å². The summed E-state index contributed by atoms with van der Waals surface area (Å²) in [5, 5.41) is 9.46. The van der Waals surface area contributed by atoms with E-state index in [1.165, 1.54) is 4.90 Å². The highest BCUT2D eigenvalue weighted by Crippen LogP contribution is 2.24. The van der Waals surface area contributed by atoms with Crippen molar-refractivity contribution in [2.24, 2.45) is 0 Å². The van der Waals surface area contributed by atoms with Gasteiger partial charge in [-0.3, -0.25) is 4.57 Å². The molecule has 1 atom stereocenters. The van der Waals surface area contributed by atoms with Crippen LogP contribution in [0.4, 0.5) is 0 Å². The molecule has 1 N–H and O–H groups in total. The fourth-order valence-corrected chi connectivity index (χ4v) is 3.48. The molecule has 0 aliphatic rings. The summed E-state index contributed by atoms with van der Waals surface area (Å²) in [7, 11) is 5.41. The van der Waals surface area contributed by atoms with E-state index < -0.39 is 0 Å². The molecule has 0 saturated heterocycles. The molecule has 0 bridgehead atoms. The van der Waals surface area contributed by atoms with Gasteiger partial charge in [0.15, 0.2) is 6.67 Å². The predicted molar refractivity (Wildman–Crippen MR) is 104 cm³/mol. The van der Waals surface area contributed by atoms with Crippen molar-refractivity contribution in [2.45, 2.75) is 34.0 Å². The Morgan fingerprint density at radius 2 is 1.85 bits per heavy atom. The molecular formula is C20H26N3O2S+. The first-order chi connectivity index (χ1) is 12.3. The van der Waals surface area contributed by atoms with E-state index in [4.69, 9.17) is 21.7 Å². The Morgan fingerprint density at radius 1 is 1.15 bits per heavy atom. The average molecular weight is 373 g/mol. The lowest BCUT2D eigenvalue weighted by Crippen LogP contribution is -3.07. The molecule has 2 aromatic rings. The molecule has 0 amide bonds. The van der Waals surface area contributed by atoms with Gasteiger partial charge in [-0.2, -0.15) is 5.26 Å². The maximum absolute atomic E-state index is 9.46. The van der Waals surface area contributed by atoms with Crippen molar-refractivity contribution < 1.29 is 14.4 Å². The number of nitriles is 1. The van der Waals surface area contributed by atoms with Gasteiger partial charge in [-0.15, -0.1) is 0 Å². The molecule has 0 spiro atoms. The van der Waals surface area contributed by atoms with Crippen molar-refractivity contribution in [1.82, 2.24) is 4.57 Å². The second kappa shape index (κ2) is 8.35. The zero-order chi connectivity index (χ0) is 19.4. The largest absolute Gasteiger partial charge is 0.497 e. The zero-order valence-electron chi connectivity index (χ0n) is 16.3. The summed E-state index contributed by atoms with van der Waals surface area (Å²) < 4.78 is 13.4. The molecule has 1 heterocycles. The third-order valence-electron chi connectivity index (χ3n) is 4.87. The van der Waals surface area contributed by atoms with E-state index >= 15 is 0 Å². The first kappa shape index (κ1) is 20.0. The highest BCUT2D eigenvalue weighted by atomic mass is 32.1. The Kier molecular flexibility index (Phi) is 6.41. The molecule has 0 fully saturated rings. The van der Waals surface area contributed by atoms with E-state index in [9.17, 15) is 5.26 Å². The number of rotatable bonds is 6. The van der Waals surface area contributed by atoms with Gasteiger partial charge in [0.05, 0.1) is 26.8 Å². The average Bonchev–Trinajstić information content (AvgIpc) is 2.64. The van der Waals surface area contributed by atoms with Crippen molar-refractivity contribution in [3.63, 3.8) is 0 Å². The van der Waals surface area contributed by atoms with E-state index in [-0.39, 0.29) is 0 Å². The highest BCUT2D eigenvalue weighted by molar-refractivity contribution is 7.71. The fourth-order valence-electron chi connectivity index (χ4n) is 3.08. The van der Waals surface area contributed by atoms with Crippen LogP contribution >= 0.6 is 12.2 Å². The van der Waals surface area contributed by atoms with Crippen LogP contribution in [0.15, 0.2) is 18.2 Å². The molecule has 1 aromatic heterocycles. The van der Waals surface area contributed by atoms with Crippen molar-refractivity contribution in [3.8, 4) is 17.6 Å². The lowest BCUT2D eigenvalue weighted by molar-refractivity contribution is -0.917. The second-order valence-electron chi connectivity index (χ2n) is 6.53. The Hall–Kier alpha value is -2.36. The minimum Gasteiger partial charge on any atom is -0.497 e. The van der Waals surface area contributed by atoms with Crippen molar-refractivity contribution in [1.29, 1.82) is 5.26 Å². The SMILES string of the molecule is COc1ccc(C[NH+](C)Cn2c(C)c(C)c(C)c(C#N)c2=S)c(OC)c1. The Balaban J connectivity index is 2.32. The summed E-state index contributed by atoms with van der Waals surface area (Å²) in [6.45, 7) is 7.50. The minimum atomic E-state index is 0.595. The summed E-state index contributed by atoms with van der Waals surface area (Å²) in [6.07, 6.45) is 0. The van der Waals surface area contributed by atoms with Gasteiger partial charge in [-0.05, 0) is 44.0 Å². The number of nitrogens with zero attached hydrogens (tertiary/aromatic N) is 2. The fraction of sp³-hybridized carbons (Fsp3) is 0.400. The molecule has 26 heavy (non-hydrogen) atoms. The summed E-state index contributed by atoms with van der Waals surface area (Å²) >= 11 is 5.58. The smallest absolute Gasteiger partial charge is 0.157 e. The maximum atomic E-state index is 9.46. The predicted octanol–water partition coefficient (Wildman–Crippen LogP) is 2.70. The molecule has 5 nitrogen and oxygen atoms in total. The number of benzene rings is 1. The number of nitrogens with one attached hydrogen (secondary N) is 1. The molecule has 0 radical (unpaired) electrons. The number of methoxy groups -OCH3 is 2. The number of ether oxygens (including phenoxy) is 2. The van der Waals surface area contributed by atoms with Crippen LogP contribution in [0.25, 0.3) is 0 Å². The van der Waals surface area contributed by atoms with Crippen LogP contribution in [0.5, 0.6) is 11.5 Å². The molecule has 138 valence electrons. The van der Waals surface area contributed by atoms with Gasteiger partial charge in [0, 0.05) is 17.3 Å². The molecule has 0 aliphatic heterocycles. The lowest BCUT2D eigenvalue weighted by atomic mass is 10.0. The number of quaternary nitrogens is 1. The molecule has 0 aliphatic carbocycles. The van der Waals surface area contributed by atoms with Crippen LogP contribution < -0.4 is 14.4 Å². The second-order valence-corrected chi connectivity index (χ2v) is 6.91. The molecule has 2 rings (SSSR count). The molecule has 1 unspecified atom stereocenters. The third-order valence-corrected chi connectivity index (χ3v) is 5.29. The van der Waals surface area contributed by atoms with Gasteiger partial charge in [0.25, 0.3) is 0 Å². The van der Waals surface area contributed by atoms with Crippen LogP contribution in [-0.4, -0.2) is 25.8 Å². The first-order valence-electron chi connectivity index (χ1n) is 8.46. The van der Waals surface area contributed by atoms with Crippen LogP contribution in [0.2, 0.25) is 0 Å². The van der Waals surface area contributed by atoms with Gasteiger partial charge in [0.1, 0.15) is 28.8 Å². The van der Waals surface area contributed by atoms with Crippen LogP contribution in [0.1, 0.15) is 27.9 Å². The molecule has 6 heteroatoms. The van der Waals surface area contributed by atoms with E-state index in [2.05, 4.69) is 24.6 Å². The Bertz CT molecular complexity index is 913. The van der Waals surface area contributed by atoms with Crippen LogP contribution in [0.3, 0.4) is 0 Å². The summed E-state index contributed by atoms with van der Waals surface area (Å²) in [5.74, 6) is 1.58. The summed E-state index contributed by atoms with van der Waals surface area (Å²) in [4.78, 5) is 1.24. The van der Waals surface area contributed by atoms with Gasteiger partial charge in [-0.25, -0.2) is 0 Å². The quantitative estimate of drug-likeness (QED) is 0.792. The normalized spacial score (nSPS) is 11.7. The van der Waals surface area contributed by atoms with Gasteiger partial charge < -0.3 is 14.4 Å².